The average Bonchev–Trinajstić information content (AvgIpc) is 3.43. The van der Waals surface area contributed by atoms with Gasteiger partial charge in [0.2, 0.25) is 5.91 Å². The first-order chi connectivity index (χ1) is 18.8. The zero-order chi connectivity index (χ0) is 27.3. The normalized spacial score (nSPS) is 18.8. The second kappa shape index (κ2) is 9.74. The third-order valence-electron chi connectivity index (χ3n) is 7.72. The van der Waals surface area contributed by atoms with Crippen LogP contribution in [-0.4, -0.2) is 58.3 Å². The predicted octanol–water partition coefficient (Wildman–Crippen LogP) is 5.19. The molecule has 7 nitrogen and oxygen atoms in total. The number of aromatic nitrogens is 1. The highest BCUT2D eigenvalue weighted by molar-refractivity contribution is 6.31. The molecule has 3 aromatic carbocycles. The van der Waals surface area contributed by atoms with E-state index in [0.717, 1.165) is 22.0 Å². The van der Waals surface area contributed by atoms with Crippen molar-refractivity contribution in [3.8, 4) is 0 Å². The first-order valence-corrected chi connectivity index (χ1v) is 13.6. The lowest BCUT2D eigenvalue weighted by Gasteiger charge is -2.36. The summed E-state index contributed by atoms with van der Waals surface area (Å²) >= 11 is 12.7. The Morgan fingerprint density at radius 2 is 1.59 bits per heavy atom. The Bertz CT molecular complexity index is 1640. The molecule has 2 aliphatic rings. The molecule has 1 fully saturated rings. The largest absolute Gasteiger partial charge is 0.339 e. The molecule has 3 amide bonds. The lowest BCUT2D eigenvalue weighted by Crippen LogP contribution is -2.51. The maximum Gasteiger partial charge on any atom is 0.270 e. The third-order valence-corrected chi connectivity index (χ3v) is 8.19. The number of amides is 3. The summed E-state index contributed by atoms with van der Waals surface area (Å²) in [5.74, 6) is -0.443. The lowest BCUT2D eigenvalue weighted by atomic mass is 9.83. The predicted molar refractivity (Wildman–Crippen MR) is 152 cm³/mol. The van der Waals surface area contributed by atoms with E-state index in [4.69, 9.17) is 23.2 Å². The molecule has 39 heavy (non-hydrogen) atoms. The molecular formula is C30H26Cl2N4O3. The van der Waals surface area contributed by atoms with E-state index < -0.39 is 5.54 Å². The van der Waals surface area contributed by atoms with Crippen LogP contribution in [-0.2, 0) is 21.5 Å². The van der Waals surface area contributed by atoms with Gasteiger partial charge in [-0.15, -0.1) is 0 Å². The SMILES string of the molecule is CC(=O)N1CCN(C(=O)c2cc3ccccc3n2C2(Cc3cccc(Cl)c3)C(=O)Nc3cc(Cl)ccc32)CC1. The highest BCUT2D eigenvalue weighted by atomic mass is 35.5. The van der Waals surface area contributed by atoms with Gasteiger partial charge in [0, 0.05) is 71.7 Å². The molecule has 1 unspecified atom stereocenters. The third kappa shape index (κ3) is 4.26. The lowest BCUT2D eigenvalue weighted by molar-refractivity contribution is -0.130. The standard InChI is InChI=1S/C30H26Cl2N4O3/c1-19(37)34-11-13-35(14-12-34)28(38)27-16-21-6-2-3-8-26(21)36(27)30(18-20-5-4-7-22(31)15-20)24-10-9-23(32)17-25(24)33-29(30)39/h2-10,15-17H,11-14,18H2,1H3,(H,33,39). The summed E-state index contributed by atoms with van der Waals surface area (Å²) < 4.78 is 1.89. The molecule has 0 bridgehead atoms. The van der Waals surface area contributed by atoms with Crippen LogP contribution >= 0.6 is 23.2 Å². The van der Waals surface area contributed by atoms with E-state index in [2.05, 4.69) is 5.32 Å². The quantitative estimate of drug-likeness (QED) is 0.373. The molecule has 1 atom stereocenters. The smallest absolute Gasteiger partial charge is 0.270 e. The van der Waals surface area contributed by atoms with Crippen LogP contribution in [0.15, 0.2) is 72.8 Å². The molecule has 0 saturated carbocycles. The van der Waals surface area contributed by atoms with E-state index in [1.165, 1.54) is 6.92 Å². The van der Waals surface area contributed by atoms with Gasteiger partial charge in [0.1, 0.15) is 5.69 Å². The Hall–Kier alpha value is -3.81. The van der Waals surface area contributed by atoms with Crippen molar-refractivity contribution < 1.29 is 14.4 Å². The topological polar surface area (TPSA) is 74.7 Å². The highest BCUT2D eigenvalue weighted by Crippen LogP contribution is 2.45. The molecule has 0 aliphatic carbocycles. The van der Waals surface area contributed by atoms with Crippen LogP contribution in [0.5, 0.6) is 0 Å². The van der Waals surface area contributed by atoms with Gasteiger partial charge in [-0.25, -0.2) is 0 Å². The monoisotopic (exact) mass is 560 g/mol. The van der Waals surface area contributed by atoms with Crippen LogP contribution in [0.3, 0.4) is 0 Å². The first-order valence-electron chi connectivity index (χ1n) is 12.8. The van der Waals surface area contributed by atoms with E-state index in [1.54, 1.807) is 28.0 Å². The van der Waals surface area contributed by atoms with E-state index >= 15 is 0 Å². The molecule has 0 spiro atoms. The summed E-state index contributed by atoms with van der Waals surface area (Å²) in [5.41, 5.74) is 2.09. The fourth-order valence-corrected chi connectivity index (χ4v) is 6.24. The van der Waals surface area contributed by atoms with Gasteiger partial charge in [0.05, 0.1) is 0 Å². The molecular weight excluding hydrogens is 535 g/mol. The Morgan fingerprint density at radius 3 is 2.33 bits per heavy atom. The van der Waals surface area contributed by atoms with Gasteiger partial charge in [-0.2, -0.15) is 0 Å². The number of fused-ring (bicyclic) bond motifs is 2. The van der Waals surface area contributed by atoms with Gasteiger partial charge in [0.25, 0.3) is 11.8 Å². The zero-order valence-corrected chi connectivity index (χ0v) is 22.8. The van der Waals surface area contributed by atoms with Crippen molar-refractivity contribution in [1.29, 1.82) is 0 Å². The van der Waals surface area contributed by atoms with E-state index in [-0.39, 0.29) is 24.1 Å². The summed E-state index contributed by atoms with van der Waals surface area (Å²) in [6.07, 6.45) is 0.269. The number of nitrogens with zero attached hydrogens (tertiary/aromatic N) is 3. The van der Waals surface area contributed by atoms with E-state index in [1.807, 2.05) is 59.2 Å². The number of carbonyl (C=O) groups is 3. The molecule has 3 heterocycles. The molecule has 198 valence electrons. The number of rotatable bonds is 4. The van der Waals surface area contributed by atoms with E-state index in [9.17, 15) is 14.4 Å². The Balaban J connectivity index is 1.56. The van der Waals surface area contributed by atoms with Crippen molar-refractivity contribution in [2.75, 3.05) is 31.5 Å². The summed E-state index contributed by atoms with van der Waals surface area (Å²) in [6, 6.07) is 22.3. The van der Waals surface area contributed by atoms with Gasteiger partial charge in [-0.3, -0.25) is 14.4 Å². The van der Waals surface area contributed by atoms with Crippen molar-refractivity contribution >= 4 is 57.5 Å². The fourth-order valence-electron chi connectivity index (χ4n) is 5.86. The van der Waals surface area contributed by atoms with Crippen LogP contribution in [0.25, 0.3) is 10.9 Å². The number of hydrogen-bond acceptors (Lipinski definition) is 3. The van der Waals surface area contributed by atoms with Gasteiger partial charge in [-0.05, 0) is 42.0 Å². The first kappa shape index (κ1) is 25.5. The molecule has 2 aliphatic heterocycles. The van der Waals surface area contributed by atoms with E-state index in [0.29, 0.717) is 47.6 Å². The van der Waals surface area contributed by atoms with Crippen molar-refractivity contribution in [2.24, 2.45) is 0 Å². The Labute approximate surface area is 235 Å². The van der Waals surface area contributed by atoms with Crippen LogP contribution in [0.1, 0.15) is 28.5 Å². The summed E-state index contributed by atoms with van der Waals surface area (Å²) in [6.45, 7) is 3.31. The van der Waals surface area contributed by atoms with Gasteiger partial charge in [0.15, 0.2) is 5.54 Å². The molecule has 0 radical (unpaired) electrons. The second-order valence-corrected chi connectivity index (χ2v) is 10.9. The number of piperazine rings is 1. The number of carbonyl (C=O) groups excluding carboxylic acids is 3. The van der Waals surface area contributed by atoms with Crippen molar-refractivity contribution in [2.45, 2.75) is 18.9 Å². The number of hydrogen-bond donors (Lipinski definition) is 1. The maximum atomic E-state index is 14.2. The summed E-state index contributed by atoms with van der Waals surface area (Å²) in [4.78, 5) is 43.7. The van der Waals surface area contributed by atoms with Gasteiger partial charge >= 0.3 is 0 Å². The number of anilines is 1. The number of halogens is 2. The summed E-state index contributed by atoms with van der Waals surface area (Å²) in [7, 11) is 0. The molecule has 4 aromatic rings. The number of para-hydroxylation sites is 1. The Kier molecular flexibility index (Phi) is 6.36. The fraction of sp³-hybridized carbons (Fsp3) is 0.233. The minimum atomic E-state index is -1.28. The van der Waals surface area contributed by atoms with Gasteiger partial charge < -0.3 is 19.7 Å². The van der Waals surface area contributed by atoms with Crippen LogP contribution in [0.2, 0.25) is 10.0 Å². The minimum absolute atomic E-state index is 0.00502. The minimum Gasteiger partial charge on any atom is -0.339 e. The number of nitrogens with one attached hydrogen (secondary N) is 1. The Morgan fingerprint density at radius 1 is 0.872 bits per heavy atom. The maximum absolute atomic E-state index is 14.2. The summed E-state index contributed by atoms with van der Waals surface area (Å²) in [5, 5.41) is 4.95. The molecule has 6 rings (SSSR count). The number of benzene rings is 3. The van der Waals surface area contributed by atoms with Crippen LogP contribution in [0, 0.1) is 0 Å². The molecule has 1 saturated heterocycles. The molecule has 1 N–H and O–H groups in total. The average molecular weight is 561 g/mol. The zero-order valence-electron chi connectivity index (χ0n) is 21.3. The highest BCUT2D eigenvalue weighted by Gasteiger charge is 2.51. The van der Waals surface area contributed by atoms with Crippen LogP contribution in [0.4, 0.5) is 5.69 Å². The van der Waals surface area contributed by atoms with Crippen molar-refractivity contribution in [3.63, 3.8) is 0 Å². The molecule has 1 aromatic heterocycles. The second-order valence-electron chi connectivity index (χ2n) is 10.0. The van der Waals surface area contributed by atoms with Crippen LogP contribution < -0.4 is 5.32 Å². The van der Waals surface area contributed by atoms with Gasteiger partial charge in [-0.1, -0.05) is 59.6 Å². The molecule has 9 heteroatoms. The van der Waals surface area contributed by atoms with Crippen molar-refractivity contribution in [3.05, 3.63) is 99.7 Å². The van der Waals surface area contributed by atoms with Crippen molar-refractivity contribution in [1.82, 2.24) is 14.4 Å².